The molecule has 27 heavy (non-hydrogen) atoms. The number of methoxy groups -OCH3 is 2. The van der Waals surface area contributed by atoms with Crippen LogP contribution in [0.5, 0.6) is 11.5 Å². The van der Waals surface area contributed by atoms with Crippen LogP contribution in [0.4, 0.5) is 0 Å². The fourth-order valence-corrected chi connectivity index (χ4v) is 4.33. The summed E-state index contributed by atoms with van der Waals surface area (Å²) in [6, 6.07) is 5.66. The van der Waals surface area contributed by atoms with Crippen LogP contribution in [0.1, 0.15) is 5.82 Å². The van der Waals surface area contributed by atoms with E-state index in [0.29, 0.717) is 23.4 Å². The lowest BCUT2D eigenvalue weighted by molar-refractivity contribution is 0.228. The van der Waals surface area contributed by atoms with Gasteiger partial charge in [0.25, 0.3) is 5.56 Å². The number of H-pyrrole nitrogens is 1. The van der Waals surface area contributed by atoms with Gasteiger partial charge in [-0.2, -0.15) is 0 Å². The quantitative estimate of drug-likeness (QED) is 0.699. The van der Waals surface area contributed by atoms with Crippen LogP contribution in [0.15, 0.2) is 28.4 Å². The Morgan fingerprint density at radius 3 is 2.70 bits per heavy atom. The first-order valence-electron chi connectivity index (χ1n) is 8.85. The topological polar surface area (TPSA) is 79.5 Å². The van der Waals surface area contributed by atoms with E-state index in [1.54, 1.807) is 14.2 Å². The molecule has 7 nitrogen and oxygen atoms in total. The van der Waals surface area contributed by atoms with Gasteiger partial charge in [0, 0.05) is 37.1 Å². The summed E-state index contributed by atoms with van der Waals surface area (Å²) >= 11 is 1.49. The van der Waals surface area contributed by atoms with E-state index >= 15 is 0 Å². The largest absolute Gasteiger partial charge is 0.493 e. The number of fused-ring (bicyclic) bond motifs is 1. The number of thiophene rings is 1. The maximum absolute atomic E-state index is 12.8. The zero-order chi connectivity index (χ0) is 18.8. The Bertz CT molecular complexity index is 1010. The average Bonchev–Trinajstić information content (AvgIpc) is 3.12. The van der Waals surface area contributed by atoms with E-state index in [-0.39, 0.29) is 5.56 Å². The minimum Gasteiger partial charge on any atom is -0.493 e. The molecule has 2 N–H and O–H groups in total. The highest BCUT2D eigenvalue weighted by Gasteiger charge is 2.17. The summed E-state index contributed by atoms with van der Waals surface area (Å²) in [5, 5.41) is 5.93. The lowest BCUT2D eigenvalue weighted by Crippen LogP contribution is -2.43. The number of ether oxygens (including phenoxy) is 2. The number of aromatic nitrogens is 2. The molecule has 142 valence electrons. The Morgan fingerprint density at radius 1 is 1.19 bits per heavy atom. The molecule has 0 spiro atoms. The predicted octanol–water partition coefficient (Wildman–Crippen LogP) is 2.07. The van der Waals surface area contributed by atoms with Crippen LogP contribution < -0.4 is 20.3 Å². The highest BCUT2D eigenvalue weighted by Crippen LogP contribution is 2.36. The Balaban J connectivity index is 1.70. The molecule has 1 saturated heterocycles. The molecular weight excluding hydrogens is 364 g/mol. The van der Waals surface area contributed by atoms with Crippen molar-refractivity contribution in [1.82, 2.24) is 20.2 Å². The van der Waals surface area contributed by atoms with Crippen LogP contribution in [0.25, 0.3) is 21.3 Å². The van der Waals surface area contributed by atoms with Gasteiger partial charge in [-0.1, -0.05) is 6.07 Å². The van der Waals surface area contributed by atoms with Crippen molar-refractivity contribution in [3.8, 4) is 22.6 Å². The van der Waals surface area contributed by atoms with Gasteiger partial charge in [0.1, 0.15) is 10.7 Å². The number of aromatic amines is 1. The Kier molecular flexibility index (Phi) is 5.11. The van der Waals surface area contributed by atoms with E-state index in [2.05, 4.69) is 15.2 Å². The van der Waals surface area contributed by atoms with Gasteiger partial charge in [-0.25, -0.2) is 4.98 Å². The first-order chi connectivity index (χ1) is 13.2. The van der Waals surface area contributed by atoms with Gasteiger partial charge in [0.15, 0.2) is 11.5 Å². The summed E-state index contributed by atoms with van der Waals surface area (Å²) in [7, 11) is 3.20. The second kappa shape index (κ2) is 7.67. The first kappa shape index (κ1) is 18.0. The fraction of sp³-hybridized carbons (Fsp3) is 0.368. The minimum atomic E-state index is -0.101. The number of benzene rings is 1. The monoisotopic (exact) mass is 386 g/mol. The predicted molar refractivity (Wildman–Crippen MR) is 107 cm³/mol. The maximum atomic E-state index is 12.8. The van der Waals surface area contributed by atoms with Crippen LogP contribution in [-0.4, -0.2) is 55.3 Å². The summed E-state index contributed by atoms with van der Waals surface area (Å²) < 4.78 is 10.7. The number of nitrogens with zero attached hydrogens (tertiary/aromatic N) is 2. The molecule has 1 fully saturated rings. The normalized spacial score (nSPS) is 15.2. The van der Waals surface area contributed by atoms with E-state index in [9.17, 15) is 4.79 Å². The van der Waals surface area contributed by atoms with E-state index in [1.807, 2.05) is 23.6 Å². The molecule has 1 aromatic carbocycles. The van der Waals surface area contributed by atoms with Gasteiger partial charge in [-0.05, 0) is 17.7 Å². The van der Waals surface area contributed by atoms with Gasteiger partial charge < -0.3 is 19.8 Å². The third-order valence-electron chi connectivity index (χ3n) is 4.77. The molecule has 0 amide bonds. The van der Waals surface area contributed by atoms with Gasteiger partial charge >= 0.3 is 0 Å². The van der Waals surface area contributed by atoms with E-state index in [4.69, 9.17) is 14.5 Å². The van der Waals surface area contributed by atoms with Crippen molar-refractivity contribution in [3.05, 3.63) is 39.8 Å². The Morgan fingerprint density at radius 2 is 1.96 bits per heavy atom. The number of hydrogen-bond acceptors (Lipinski definition) is 7. The number of piperazine rings is 1. The molecule has 3 heterocycles. The van der Waals surface area contributed by atoms with Gasteiger partial charge in [0.05, 0.1) is 26.2 Å². The fourth-order valence-electron chi connectivity index (χ4n) is 3.37. The van der Waals surface area contributed by atoms with Crippen molar-refractivity contribution in [3.63, 3.8) is 0 Å². The number of nitrogens with one attached hydrogen (secondary N) is 2. The molecule has 8 heteroatoms. The highest BCUT2D eigenvalue weighted by molar-refractivity contribution is 7.17. The minimum absolute atomic E-state index is 0.101. The summed E-state index contributed by atoms with van der Waals surface area (Å²) in [5.41, 5.74) is 1.66. The number of rotatable bonds is 5. The summed E-state index contributed by atoms with van der Waals surface area (Å²) in [4.78, 5) is 23.5. The second-order valence-corrected chi connectivity index (χ2v) is 7.30. The van der Waals surface area contributed by atoms with Crippen molar-refractivity contribution in [1.29, 1.82) is 0 Å². The Hall–Kier alpha value is -2.42. The molecular formula is C19H22N4O3S. The molecule has 3 aromatic rings. The number of hydrogen-bond donors (Lipinski definition) is 2. The van der Waals surface area contributed by atoms with Gasteiger partial charge in [-0.15, -0.1) is 11.3 Å². The van der Waals surface area contributed by atoms with Crippen molar-refractivity contribution in [2.75, 3.05) is 40.4 Å². The third-order valence-corrected chi connectivity index (χ3v) is 5.64. The molecule has 1 aliphatic heterocycles. The van der Waals surface area contributed by atoms with Crippen LogP contribution in [0, 0.1) is 0 Å². The van der Waals surface area contributed by atoms with Crippen molar-refractivity contribution < 1.29 is 9.47 Å². The lowest BCUT2D eigenvalue weighted by Gasteiger charge is -2.26. The molecule has 1 aliphatic rings. The van der Waals surface area contributed by atoms with Crippen molar-refractivity contribution in [2.24, 2.45) is 0 Å². The zero-order valence-electron chi connectivity index (χ0n) is 15.4. The van der Waals surface area contributed by atoms with Crippen LogP contribution in [-0.2, 0) is 6.54 Å². The van der Waals surface area contributed by atoms with Crippen LogP contribution >= 0.6 is 11.3 Å². The molecule has 2 aromatic heterocycles. The van der Waals surface area contributed by atoms with Crippen LogP contribution in [0.3, 0.4) is 0 Å². The molecule has 0 unspecified atom stereocenters. The zero-order valence-corrected chi connectivity index (χ0v) is 16.2. The first-order valence-corrected chi connectivity index (χ1v) is 9.73. The molecule has 0 bridgehead atoms. The van der Waals surface area contributed by atoms with Crippen molar-refractivity contribution >= 4 is 21.6 Å². The second-order valence-electron chi connectivity index (χ2n) is 6.44. The van der Waals surface area contributed by atoms with E-state index < -0.39 is 0 Å². The molecule has 4 rings (SSSR count). The lowest BCUT2D eigenvalue weighted by atomic mass is 10.1. The molecule has 0 saturated carbocycles. The van der Waals surface area contributed by atoms with Crippen molar-refractivity contribution in [2.45, 2.75) is 6.54 Å². The summed E-state index contributed by atoms with van der Waals surface area (Å²) in [5.74, 6) is 2.01. The third kappa shape index (κ3) is 3.55. The molecule has 0 aliphatic carbocycles. The molecule has 0 atom stereocenters. The Labute approximate surface area is 160 Å². The van der Waals surface area contributed by atoms with Crippen LogP contribution in [0.2, 0.25) is 0 Å². The average molecular weight is 386 g/mol. The highest BCUT2D eigenvalue weighted by atomic mass is 32.1. The summed E-state index contributed by atoms with van der Waals surface area (Å²) in [6.45, 7) is 4.52. The van der Waals surface area contributed by atoms with Gasteiger partial charge in [-0.3, -0.25) is 9.69 Å². The molecule has 0 radical (unpaired) electrons. The van der Waals surface area contributed by atoms with E-state index in [0.717, 1.165) is 48.0 Å². The summed E-state index contributed by atoms with van der Waals surface area (Å²) in [6.07, 6.45) is 0. The van der Waals surface area contributed by atoms with E-state index in [1.165, 1.54) is 11.3 Å². The SMILES string of the molecule is COc1ccc(-c2csc3nc(CN4CCNCC4)[nH]c(=O)c23)cc1OC. The maximum Gasteiger partial charge on any atom is 0.260 e. The smallest absolute Gasteiger partial charge is 0.260 e. The standard InChI is InChI=1S/C19H22N4O3S/c1-25-14-4-3-12(9-15(14)26-2)13-11-27-19-17(13)18(24)21-16(22-19)10-23-7-5-20-6-8-23/h3-4,9,11,20H,5-8,10H2,1-2H3,(H,21,22,24). The van der Waals surface area contributed by atoms with Gasteiger partial charge in [0.2, 0.25) is 0 Å².